The van der Waals surface area contributed by atoms with Crippen molar-refractivity contribution < 1.29 is 22.7 Å². The summed E-state index contributed by atoms with van der Waals surface area (Å²) in [7, 11) is -2.73. The lowest BCUT2D eigenvalue weighted by Gasteiger charge is -2.33. The van der Waals surface area contributed by atoms with Gasteiger partial charge in [-0.1, -0.05) is 80.4 Å². The van der Waals surface area contributed by atoms with E-state index in [0.29, 0.717) is 18.7 Å². The third kappa shape index (κ3) is 8.10. The zero-order valence-electron chi connectivity index (χ0n) is 24.8. The van der Waals surface area contributed by atoms with Crippen LogP contribution in [0.1, 0.15) is 43.9 Å². The smallest absolute Gasteiger partial charge is 0.264 e. The number of ether oxygens (including phenoxy) is 1. The molecule has 0 aliphatic heterocycles. The Balaban J connectivity index is 2.08. The number of sulfonamides is 1. The van der Waals surface area contributed by atoms with Crippen LogP contribution in [0.15, 0.2) is 77.7 Å². The average Bonchev–Trinajstić information content (AvgIpc) is 2.95. The summed E-state index contributed by atoms with van der Waals surface area (Å²) < 4.78 is 34.6. The quantitative estimate of drug-likeness (QED) is 0.305. The third-order valence-corrected chi connectivity index (χ3v) is 8.56. The molecule has 3 aromatic carbocycles. The number of carbonyl (C=O) groups excluding carboxylic acids is 2. The summed E-state index contributed by atoms with van der Waals surface area (Å²) in [5.74, 6) is -0.230. The Morgan fingerprint density at radius 1 is 0.902 bits per heavy atom. The third-order valence-electron chi connectivity index (χ3n) is 6.79. The van der Waals surface area contributed by atoms with E-state index in [-0.39, 0.29) is 29.0 Å². The molecular formula is C32H41N3O5S. The van der Waals surface area contributed by atoms with Crippen molar-refractivity contribution in [2.75, 3.05) is 24.5 Å². The Kier molecular flexibility index (Phi) is 10.9. The van der Waals surface area contributed by atoms with E-state index >= 15 is 0 Å². The minimum absolute atomic E-state index is 0.0496. The van der Waals surface area contributed by atoms with Crippen LogP contribution in [0.4, 0.5) is 5.69 Å². The van der Waals surface area contributed by atoms with Crippen LogP contribution in [0.25, 0.3) is 0 Å². The van der Waals surface area contributed by atoms with Crippen molar-refractivity contribution in [2.24, 2.45) is 5.92 Å². The summed E-state index contributed by atoms with van der Waals surface area (Å²) in [5, 5.41) is 2.94. The molecule has 0 saturated carbocycles. The molecule has 0 radical (unpaired) electrons. The topological polar surface area (TPSA) is 96.0 Å². The molecule has 220 valence electrons. The fourth-order valence-corrected chi connectivity index (χ4v) is 5.84. The van der Waals surface area contributed by atoms with Crippen molar-refractivity contribution in [2.45, 2.75) is 58.5 Å². The maximum Gasteiger partial charge on any atom is 0.264 e. The van der Waals surface area contributed by atoms with Gasteiger partial charge < -0.3 is 15.0 Å². The van der Waals surface area contributed by atoms with Gasteiger partial charge in [0.2, 0.25) is 11.8 Å². The molecule has 3 rings (SSSR count). The highest BCUT2D eigenvalue weighted by molar-refractivity contribution is 7.92. The standard InChI is InChI=1S/C32H41N3O5S/c1-7-28(32(37)33-20-23(2)3)34(21-26-16-12-24(4)13-17-26)31(36)22-35(29-10-8-9-11-30(29)40-6)41(38,39)27-18-14-25(5)15-19-27/h8-19,23,28H,7,20-22H2,1-6H3,(H,33,37)/t28-/m0/s1. The minimum Gasteiger partial charge on any atom is -0.495 e. The lowest BCUT2D eigenvalue weighted by molar-refractivity contribution is -0.140. The number of nitrogens with one attached hydrogen (secondary N) is 1. The molecule has 0 bridgehead atoms. The number of nitrogens with zero attached hydrogens (tertiary/aromatic N) is 2. The number of hydrogen-bond acceptors (Lipinski definition) is 5. The number of para-hydroxylation sites is 2. The Bertz CT molecular complexity index is 1420. The molecule has 2 amide bonds. The van der Waals surface area contributed by atoms with Crippen molar-refractivity contribution in [3.05, 3.63) is 89.5 Å². The number of methoxy groups -OCH3 is 1. The Morgan fingerprint density at radius 3 is 2.05 bits per heavy atom. The van der Waals surface area contributed by atoms with Crippen LogP contribution in [0.2, 0.25) is 0 Å². The number of anilines is 1. The van der Waals surface area contributed by atoms with Crippen LogP contribution in [-0.2, 0) is 26.2 Å². The summed E-state index contributed by atoms with van der Waals surface area (Å²) in [6, 6.07) is 20.1. The first kappa shape index (κ1) is 31.7. The summed E-state index contributed by atoms with van der Waals surface area (Å²) in [5.41, 5.74) is 3.05. The van der Waals surface area contributed by atoms with E-state index in [1.807, 2.05) is 58.9 Å². The van der Waals surface area contributed by atoms with Crippen molar-refractivity contribution in [3.63, 3.8) is 0 Å². The first-order chi connectivity index (χ1) is 19.5. The molecule has 0 aromatic heterocycles. The van der Waals surface area contributed by atoms with E-state index in [9.17, 15) is 18.0 Å². The fraction of sp³-hybridized carbons (Fsp3) is 0.375. The van der Waals surface area contributed by atoms with Gasteiger partial charge in [-0.3, -0.25) is 13.9 Å². The minimum atomic E-state index is -4.18. The van der Waals surface area contributed by atoms with Gasteiger partial charge >= 0.3 is 0 Å². The zero-order valence-corrected chi connectivity index (χ0v) is 25.6. The molecule has 0 spiro atoms. The molecule has 1 atom stereocenters. The second-order valence-electron chi connectivity index (χ2n) is 10.6. The second-order valence-corrected chi connectivity index (χ2v) is 12.4. The van der Waals surface area contributed by atoms with Gasteiger partial charge in [0.25, 0.3) is 10.0 Å². The molecule has 0 fully saturated rings. The molecule has 3 aromatic rings. The van der Waals surface area contributed by atoms with Crippen LogP contribution < -0.4 is 14.4 Å². The fourth-order valence-electron chi connectivity index (χ4n) is 4.42. The van der Waals surface area contributed by atoms with Gasteiger partial charge in [0, 0.05) is 13.1 Å². The molecule has 0 aliphatic carbocycles. The largest absolute Gasteiger partial charge is 0.495 e. The van der Waals surface area contributed by atoms with Gasteiger partial charge in [0.15, 0.2) is 0 Å². The molecule has 0 unspecified atom stereocenters. The zero-order chi connectivity index (χ0) is 30.2. The van der Waals surface area contributed by atoms with Crippen molar-refractivity contribution in [1.29, 1.82) is 0 Å². The number of benzene rings is 3. The molecule has 8 nitrogen and oxygen atoms in total. The molecule has 0 saturated heterocycles. The van der Waals surface area contributed by atoms with Gasteiger partial charge in [-0.2, -0.15) is 0 Å². The highest BCUT2D eigenvalue weighted by atomic mass is 32.2. The van der Waals surface area contributed by atoms with Gasteiger partial charge in [-0.05, 0) is 56.0 Å². The molecule has 1 N–H and O–H groups in total. The van der Waals surface area contributed by atoms with Crippen LogP contribution in [0, 0.1) is 19.8 Å². The van der Waals surface area contributed by atoms with Crippen LogP contribution in [0.5, 0.6) is 5.75 Å². The van der Waals surface area contributed by atoms with Crippen molar-refractivity contribution in [3.8, 4) is 5.75 Å². The molecular weight excluding hydrogens is 538 g/mol. The number of amides is 2. The van der Waals surface area contributed by atoms with Gasteiger partial charge in [0.05, 0.1) is 17.7 Å². The second kappa shape index (κ2) is 14.2. The van der Waals surface area contributed by atoms with E-state index in [1.165, 1.54) is 24.1 Å². The van der Waals surface area contributed by atoms with E-state index in [4.69, 9.17) is 4.74 Å². The highest BCUT2D eigenvalue weighted by Gasteiger charge is 2.34. The lowest BCUT2D eigenvalue weighted by atomic mass is 10.1. The number of rotatable bonds is 13. The van der Waals surface area contributed by atoms with Gasteiger partial charge in [-0.15, -0.1) is 0 Å². The van der Waals surface area contributed by atoms with Gasteiger partial charge in [-0.25, -0.2) is 8.42 Å². The maximum atomic E-state index is 14.2. The van der Waals surface area contributed by atoms with Crippen LogP contribution in [-0.4, -0.2) is 51.4 Å². The number of carbonyl (C=O) groups is 2. The van der Waals surface area contributed by atoms with Crippen molar-refractivity contribution >= 4 is 27.5 Å². The molecule has 0 heterocycles. The number of hydrogen-bond donors (Lipinski definition) is 1. The SMILES string of the molecule is CC[C@@H](C(=O)NCC(C)C)N(Cc1ccc(C)cc1)C(=O)CN(c1ccccc1OC)S(=O)(=O)c1ccc(C)cc1. The molecule has 41 heavy (non-hydrogen) atoms. The first-order valence-corrected chi connectivity index (χ1v) is 15.3. The normalized spacial score (nSPS) is 12.1. The highest BCUT2D eigenvalue weighted by Crippen LogP contribution is 2.32. The van der Waals surface area contributed by atoms with E-state index < -0.39 is 28.5 Å². The van der Waals surface area contributed by atoms with E-state index in [1.54, 1.807) is 36.4 Å². The van der Waals surface area contributed by atoms with E-state index in [0.717, 1.165) is 21.0 Å². The van der Waals surface area contributed by atoms with Crippen LogP contribution in [0.3, 0.4) is 0 Å². The van der Waals surface area contributed by atoms with Crippen LogP contribution >= 0.6 is 0 Å². The van der Waals surface area contributed by atoms with Crippen molar-refractivity contribution in [1.82, 2.24) is 10.2 Å². The first-order valence-electron chi connectivity index (χ1n) is 13.8. The predicted molar refractivity (Wildman–Crippen MR) is 162 cm³/mol. The lowest BCUT2D eigenvalue weighted by Crippen LogP contribution is -2.52. The van der Waals surface area contributed by atoms with Gasteiger partial charge in [0.1, 0.15) is 18.3 Å². The summed E-state index contributed by atoms with van der Waals surface area (Å²) in [6.07, 6.45) is 0.362. The molecule has 0 aliphatic rings. The summed E-state index contributed by atoms with van der Waals surface area (Å²) in [6.45, 7) is 9.79. The summed E-state index contributed by atoms with van der Waals surface area (Å²) in [4.78, 5) is 29.0. The number of aryl methyl sites for hydroxylation is 2. The Hall–Kier alpha value is -3.85. The molecule has 9 heteroatoms. The Labute approximate surface area is 244 Å². The Morgan fingerprint density at radius 2 is 1.49 bits per heavy atom. The monoisotopic (exact) mass is 579 g/mol. The summed E-state index contributed by atoms with van der Waals surface area (Å²) >= 11 is 0. The predicted octanol–water partition coefficient (Wildman–Crippen LogP) is 5.09. The maximum absolute atomic E-state index is 14.2. The van der Waals surface area contributed by atoms with E-state index in [2.05, 4.69) is 5.32 Å². The average molecular weight is 580 g/mol.